The zero-order valence-electron chi connectivity index (χ0n) is 15.6. The average molecular weight is 386 g/mol. The summed E-state index contributed by atoms with van der Waals surface area (Å²) in [6, 6.07) is 11.4. The van der Waals surface area contributed by atoms with E-state index < -0.39 is 0 Å². The van der Waals surface area contributed by atoms with Gasteiger partial charge in [-0.05, 0) is 56.1 Å². The molecule has 0 fully saturated rings. The number of rotatable bonds is 6. The van der Waals surface area contributed by atoms with E-state index in [1.165, 1.54) is 11.1 Å². The Kier molecular flexibility index (Phi) is 6.04. The number of fused-ring (bicyclic) bond motifs is 1. The molecule has 1 aliphatic rings. The van der Waals surface area contributed by atoms with E-state index in [1.54, 1.807) is 18.2 Å². The number of benzene rings is 2. The quantitative estimate of drug-likeness (QED) is 0.340. The van der Waals surface area contributed by atoms with Crippen LogP contribution < -0.4 is 15.8 Å². The Hall–Kier alpha value is -2.50. The smallest absolute Gasteiger partial charge is 0.170 e. The molecule has 0 saturated heterocycles. The Morgan fingerprint density at radius 2 is 2.11 bits per heavy atom. The monoisotopic (exact) mass is 385 g/mol. The first-order chi connectivity index (χ1) is 13.0. The van der Waals surface area contributed by atoms with E-state index >= 15 is 0 Å². The van der Waals surface area contributed by atoms with Crippen molar-refractivity contribution in [3.63, 3.8) is 0 Å². The molecule has 1 aliphatic heterocycles. The average Bonchev–Trinajstić information content (AvgIpc) is 2.66. The maximum absolute atomic E-state index is 6.26. The number of amidine groups is 1. The maximum Gasteiger partial charge on any atom is 0.170 e. The zero-order chi connectivity index (χ0) is 19.4. The lowest BCUT2D eigenvalue weighted by molar-refractivity contribution is 0.242. The Labute approximate surface area is 164 Å². The molecule has 0 amide bonds. The van der Waals surface area contributed by atoms with Gasteiger partial charge < -0.3 is 20.6 Å². The summed E-state index contributed by atoms with van der Waals surface area (Å²) in [7, 11) is 0. The van der Waals surface area contributed by atoms with Crippen LogP contribution in [0, 0.1) is 0 Å². The molecule has 3 rings (SSSR count). The predicted molar refractivity (Wildman–Crippen MR) is 110 cm³/mol. The minimum Gasteiger partial charge on any atom is -0.489 e. The third-order valence-corrected chi connectivity index (χ3v) is 4.58. The van der Waals surface area contributed by atoms with Crippen molar-refractivity contribution in [2.75, 3.05) is 6.54 Å². The molecule has 0 unspecified atom stereocenters. The molecule has 0 radical (unpaired) electrons. The van der Waals surface area contributed by atoms with Crippen LogP contribution in [0.3, 0.4) is 0 Å². The van der Waals surface area contributed by atoms with Crippen LogP contribution in [-0.2, 0) is 17.8 Å². The highest BCUT2D eigenvalue weighted by atomic mass is 35.5. The van der Waals surface area contributed by atoms with Gasteiger partial charge in [-0.1, -0.05) is 41.5 Å². The number of ether oxygens (including phenoxy) is 1. The summed E-state index contributed by atoms with van der Waals surface area (Å²) in [5.41, 5.74) is 10.2. The first kappa shape index (κ1) is 19.3. The fraction of sp³-hybridized carbons (Fsp3) is 0.286. The largest absolute Gasteiger partial charge is 0.489 e. The highest BCUT2D eigenvalue weighted by Crippen LogP contribution is 2.27. The van der Waals surface area contributed by atoms with Crippen molar-refractivity contribution in [3.05, 3.63) is 70.3 Å². The molecule has 27 heavy (non-hydrogen) atoms. The lowest BCUT2D eigenvalue weighted by atomic mass is 9.95. The lowest BCUT2D eigenvalue weighted by Gasteiger charge is -2.20. The van der Waals surface area contributed by atoms with Crippen molar-refractivity contribution in [3.8, 4) is 5.75 Å². The number of halogens is 1. The fourth-order valence-electron chi connectivity index (χ4n) is 3.01. The van der Waals surface area contributed by atoms with Gasteiger partial charge in [-0.2, -0.15) is 0 Å². The minimum absolute atomic E-state index is 0.0398. The van der Waals surface area contributed by atoms with Crippen LogP contribution in [0.15, 0.2) is 48.1 Å². The summed E-state index contributed by atoms with van der Waals surface area (Å²) in [4.78, 5) is 5.52. The summed E-state index contributed by atoms with van der Waals surface area (Å²) < 4.78 is 5.63. The molecular formula is C21H24ClN3O2. The SMILES string of the molecule is C=C(O/N=C(\N)c1ccc(OC(C)C)c(Cl)c1)c1cccc2c1CCNC2. The lowest BCUT2D eigenvalue weighted by Crippen LogP contribution is -2.24. The van der Waals surface area contributed by atoms with Gasteiger partial charge in [0.2, 0.25) is 0 Å². The Morgan fingerprint density at radius 3 is 2.85 bits per heavy atom. The summed E-state index contributed by atoms with van der Waals surface area (Å²) in [6.07, 6.45) is 0.970. The van der Waals surface area contributed by atoms with E-state index in [-0.39, 0.29) is 11.9 Å². The van der Waals surface area contributed by atoms with Crippen LogP contribution in [0.4, 0.5) is 0 Å². The zero-order valence-corrected chi connectivity index (χ0v) is 16.3. The third-order valence-electron chi connectivity index (χ3n) is 4.29. The van der Waals surface area contributed by atoms with E-state index in [0.29, 0.717) is 22.1 Å². The normalized spacial score (nSPS) is 14.0. The van der Waals surface area contributed by atoms with Crippen LogP contribution in [0.5, 0.6) is 5.75 Å². The number of oxime groups is 1. The van der Waals surface area contributed by atoms with E-state index in [2.05, 4.69) is 23.1 Å². The number of nitrogens with one attached hydrogen (secondary N) is 1. The van der Waals surface area contributed by atoms with Crippen LogP contribution in [-0.4, -0.2) is 18.5 Å². The third kappa shape index (κ3) is 4.62. The molecule has 3 N–H and O–H groups in total. The molecule has 0 atom stereocenters. The topological polar surface area (TPSA) is 68.9 Å². The molecule has 0 aromatic heterocycles. The summed E-state index contributed by atoms with van der Waals surface area (Å²) >= 11 is 6.26. The van der Waals surface area contributed by atoms with Crippen molar-refractivity contribution in [1.82, 2.24) is 5.32 Å². The van der Waals surface area contributed by atoms with Crippen LogP contribution >= 0.6 is 11.6 Å². The van der Waals surface area contributed by atoms with Gasteiger partial charge in [0.15, 0.2) is 11.6 Å². The second kappa shape index (κ2) is 8.46. The second-order valence-electron chi connectivity index (χ2n) is 6.67. The van der Waals surface area contributed by atoms with Gasteiger partial charge >= 0.3 is 0 Å². The summed E-state index contributed by atoms with van der Waals surface area (Å²) in [6.45, 7) is 9.69. The molecule has 0 saturated carbocycles. The van der Waals surface area contributed by atoms with Crippen molar-refractivity contribution in [2.45, 2.75) is 32.9 Å². The fourth-order valence-corrected chi connectivity index (χ4v) is 3.23. The van der Waals surface area contributed by atoms with Gasteiger partial charge in [-0.15, -0.1) is 0 Å². The molecule has 5 nitrogen and oxygen atoms in total. The molecule has 0 bridgehead atoms. The molecule has 2 aromatic rings. The Bertz CT molecular complexity index is 878. The number of hydrogen-bond acceptors (Lipinski definition) is 4. The molecule has 2 aromatic carbocycles. The summed E-state index contributed by atoms with van der Waals surface area (Å²) in [5.74, 6) is 1.31. The van der Waals surface area contributed by atoms with Crippen molar-refractivity contribution < 1.29 is 9.57 Å². The van der Waals surface area contributed by atoms with Gasteiger partial charge in [-0.3, -0.25) is 0 Å². The number of nitrogens with two attached hydrogens (primary N) is 1. The minimum atomic E-state index is 0.0398. The van der Waals surface area contributed by atoms with Gasteiger partial charge in [0.25, 0.3) is 0 Å². The van der Waals surface area contributed by atoms with Gasteiger partial charge in [0, 0.05) is 17.7 Å². The molecule has 142 valence electrons. The van der Waals surface area contributed by atoms with E-state index in [1.807, 2.05) is 26.0 Å². The summed E-state index contributed by atoms with van der Waals surface area (Å²) in [5, 5.41) is 7.87. The highest BCUT2D eigenvalue weighted by molar-refractivity contribution is 6.32. The first-order valence-electron chi connectivity index (χ1n) is 8.93. The van der Waals surface area contributed by atoms with Gasteiger partial charge in [0.05, 0.1) is 11.1 Å². The molecule has 0 aliphatic carbocycles. The van der Waals surface area contributed by atoms with Crippen LogP contribution in [0.2, 0.25) is 5.02 Å². The molecule has 6 heteroatoms. The van der Waals surface area contributed by atoms with Crippen molar-refractivity contribution >= 4 is 23.2 Å². The van der Waals surface area contributed by atoms with Crippen molar-refractivity contribution in [2.24, 2.45) is 10.9 Å². The maximum atomic E-state index is 6.26. The molecular weight excluding hydrogens is 362 g/mol. The van der Waals surface area contributed by atoms with E-state index in [9.17, 15) is 0 Å². The second-order valence-corrected chi connectivity index (χ2v) is 7.08. The van der Waals surface area contributed by atoms with Crippen LogP contribution in [0.25, 0.3) is 5.76 Å². The highest BCUT2D eigenvalue weighted by Gasteiger charge is 2.15. The standard InChI is InChI=1S/C21H24ClN3O2/c1-13(2)26-20-8-7-15(11-19(20)22)21(23)25-27-14(3)17-6-4-5-16-12-24-10-9-18(16)17/h4-8,11,13,24H,3,9-10,12H2,1-2H3,(H2,23,25). The Morgan fingerprint density at radius 1 is 1.30 bits per heavy atom. The Balaban J connectivity index is 1.74. The van der Waals surface area contributed by atoms with E-state index in [4.69, 9.17) is 26.9 Å². The first-order valence-corrected chi connectivity index (χ1v) is 9.31. The van der Waals surface area contributed by atoms with Gasteiger partial charge in [-0.25, -0.2) is 0 Å². The van der Waals surface area contributed by atoms with Gasteiger partial charge in [0.1, 0.15) is 5.75 Å². The van der Waals surface area contributed by atoms with E-state index in [0.717, 1.165) is 25.1 Å². The molecule has 1 heterocycles. The number of hydrogen-bond donors (Lipinski definition) is 2. The number of nitrogens with zero attached hydrogens (tertiary/aromatic N) is 1. The molecule has 0 spiro atoms. The predicted octanol–water partition coefficient (Wildman–Crippen LogP) is 4.08. The van der Waals surface area contributed by atoms with Crippen LogP contribution in [0.1, 0.15) is 36.1 Å². The van der Waals surface area contributed by atoms with Crippen molar-refractivity contribution in [1.29, 1.82) is 0 Å².